The molecule has 4 rings (SSSR count). The van der Waals surface area contributed by atoms with Gasteiger partial charge in [0, 0.05) is 67.8 Å². The van der Waals surface area contributed by atoms with E-state index in [0.717, 1.165) is 45.0 Å². The lowest BCUT2D eigenvalue weighted by Gasteiger charge is -2.20. The van der Waals surface area contributed by atoms with Crippen LogP contribution < -0.4 is 10.6 Å². The monoisotopic (exact) mass is 733 g/mol. The van der Waals surface area contributed by atoms with Crippen molar-refractivity contribution < 1.29 is 14.0 Å². The van der Waals surface area contributed by atoms with Crippen LogP contribution in [0.15, 0.2) is 86.0 Å². The number of likely N-dealkylation sites (N-methyl/N-ethyl adjacent to an activating group) is 2. The Bertz CT molecular complexity index is 1410. The Kier molecular flexibility index (Phi) is 24.6. The van der Waals surface area contributed by atoms with E-state index < -0.39 is 0 Å². The van der Waals surface area contributed by atoms with Crippen molar-refractivity contribution in [2.24, 2.45) is 0 Å². The second-order valence-electron chi connectivity index (χ2n) is 13.0. The van der Waals surface area contributed by atoms with E-state index in [1.54, 1.807) is 31.2 Å². The SMILES string of the molecule is CCCCCCCN(CC)CCNC(=O)c1ccc(-n2ccnc2)cc1.CCCCCCCN(CC)CCNC(=O)c1ccc(F)cc1.c1c[nH]cn1. The summed E-state index contributed by atoms with van der Waals surface area (Å²) >= 11 is 0. The van der Waals surface area contributed by atoms with Gasteiger partial charge in [0.2, 0.25) is 0 Å². The summed E-state index contributed by atoms with van der Waals surface area (Å²) in [7, 11) is 0. The number of amides is 2. The van der Waals surface area contributed by atoms with Gasteiger partial charge in [-0.05, 0) is 87.6 Å². The number of aromatic amines is 1. The predicted molar refractivity (Wildman–Crippen MR) is 215 cm³/mol. The van der Waals surface area contributed by atoms with Gasteiger partial charge in [-0.15, -0.1) is 0 Å². The molecule has 10 nitrogen and oxygen atoms in total. The minimum absolute atomic E-state index is 0.0128. The number of halogens is 1. The zero-order valence-corrected chi connectivity index (χ0v) is 32.7. The highest BCUT2D eigenvalue weighted by atomic mass is 19.1. The van der Waals surface area contributed by atoms with Crippen LogP contribution in [0.3, 0.4) is 0 Å². The number of hydrogen-bond acceptors (Lipinski definition) is 6. The van der Waals surface area contributed by atoms with Crippen LogP contribution in [0.4, 0.5) is 4.39 Å². The maximum Gasteiger partial charge on any atom is 0.251 e. The van der Waals surface area contributed by atoms with Gasteiger partial charge in [0.25, 0.3) is 11.8 Å². The van der Waals surface area contributed by atoms with Crippen LogP contribution in [0.2, 0.25) is 0 Å². The Hall–Kier alpha value is -4.35. The van der Waals surface area contributed by atoms with Gasteiger partial charge in [-0.3, -0.25) is 9.59 Å². The second-order valence-corrected chi connectivity index (χ2v) is 13.0. The van der Waals surface area contributed by atoms with Gasteiger partial charge in [-0.2, -0.15) is 0 Å². The minimum atomic E-state index is -0.322. The molecule has 2 amide bonds. The first-order valence-electron chi connectivity index (χ1n) is 19.7. The molecule has 4 aromatic rings. The molecule has 0 aliphatic carbocycles. The van der Waals surface area contributed by atoms with Crippen molar-refractivity contribution in [3.63, 3.8) is 0 Å². The maximum atomic E-state index is 12.8. The number of H-pyrrole nitrogens is 1. The van der Waals surface area contributed by atoms with Gasteiger partial charge < -0.3 is 30.0 Å². The molecule has 0 aliphatic heterocycles. The minimum Gasteiger partial charge on any atom is -0.351 e. The molecule has 0 atom stereocenters. The molecule has 3 N–H and O–H groups in total. The highest BCUT2D eigenvalue weighted by Crippen LogP contribution is 2.10. The van der Waals surface area contributed by atoms with Crippen LogP contribution >= 0.6 is 0 Å². The Morgan fingerprint density at radius 3 is 1.57 bits per heavy atom. The van der Waals surface area contributed by atoms with Crippen LogP contribution in [0.25, 0.3) is 5.69 Å². The number of imidazole rings is 2. The number of unbranched alkanes of at least 4 members (excludes halogenated alkanes) is 8. The Labute approximate surface area is 318 Å². The molecular formula is C42H65FN8O2. The number of hydrogen-bond donors (Lipinski definition) is 3. The van der Waals surface area contributed by atoms with Crippen LogP contribution in [-0.2, 0) is 0 Å². The van der Waals surface area contributed by atoms with Gasteiger partial charge in [-0.1, -0.05) is 79.1 Å². The van der Waals surface area contributed by atoms with Gasteiger partial charge in [0.1, 0.15) is 5.82 Å². The van der Waals surface area contributed by atoms with Crippen LogP contribution in [-0.4, -0.2) is 93.5 Å². The summed E-state index contributed by atoms with van der Waals surface area (Å²) in [5.41, 5.74) is 2.19. The number of aromatic nitrogens is 4. The number of carbonyl (C=O) groups excluding carboxylic acids is 2. The average molecular weight is 733 g/mol. The lowest BCUT2D eigenvalue weighted by atomic mass is 10.1. The van der Waals surface area contributed by atoms with Crippen LogP contribution in [0.1, 0.15) is 113 Å². The molecule has 11 heteroatoms. The topological polar surface area (TPSA) is 111 Å². The summed E-state index contributed by atoms with van der Waals surface area (Å²) in [4.78, 5) is 39.4. The standard InChI is InChI=1S/C21H32N4O.C18H29FN2O.C3H4N2/c1-3-5-6-7-8-15-24(4-2)16-14-23-21(26)19-9-11-20(12-10-19)25-17-13-22-18-25;1-3-5-6-7-8-14-21(4-2)15-13-20-18(22)16-9-11-17(19)12-10-16;1-2-5-3-4-1/h9-13,17-18H,3-8,14-16H2,1-2H3,(H,23,26);9-12H,3-8,13-15H2,1-2H3,(H,20,22);1-3H,(H,4,5). The zero-order chi connectivity index (χ0) is 38.4. The van der Waals surface area contributed by atoms with Crippen molar-refractivity contribution in [1.82, 2.24) is 40.0 Å². The molecule has 292 valence electrons. The Balaban J connectivity index is 0.000000326. The largest absolute Gasteiger partial charge is 0.351 e. The molecule has 0 fully saturated rings. The molecule has 0 bridgehead atoms. The highest BCUT2D eigenvalue weighted by Gasteiger charge is 2.09. The molecule has 2 aromatic carbocycles. The lowest BCUT2D eigenvalue weighted by molar-refractivity contribution is 0.0940. The van der Waals surface area contributed by atoms with Crippen molar-refractivity contribution in [2.45, 2.75) is 91.9 Å². The number of benzene rings is 2. The van der Waals surface area contributed by atoms with Crippen molar-refractivity contribution in [3.05, 3.63) is 103 Å². The fourth-order valence-corrected chi connectivity index (χ4v) is 5.61. The van der Waals surface area contributed by atoms with E-state index in [0.29, 0.717) is 24.2 Å². The summed E-state index contributed by atoms with van der Waals surface area (Å²) < 4.78 is 14.7. The van der Waals surface area contributed by atoms with E-state index in [4.69, 9.17) is 0 Å². The predicted octanol–water partition coefficient (Wildman–Crippen LogP) is 8.15. The van der Waals surface area contributed by atoms with Gasteiger partial charge in [0.05, 0.1) is 12.7 Å². The second kappa shape index (κ2) is 29.1. The average Bonchev–Trinajstić information content (AvgIpc) is 3.96. The summed E-state index contributed by atoms with van der Waals surface area (Å²) in [5.74, 6) is -0.475. The zero-order valence-electron chi connectivity index (χ0n) is 32.7. The number of nitrogens with one attached hydrogen (secondary N) is 3. The highest BCUT2D eigenvalue weighted by molar-refractivity contribution is 5.94. The normalized spacial score (nSPS) is 10.7. The number of rotatable bonds is 23. The Morgan fingerprint density at radius 1 is 0.660 bits per heavy atom. The van der Waals surface area contributed by atoms with E-state index in [1.807, 2.05) is 35.0 Å². The van der Waals surface area contributed by atoms with Crippen LogP contribution in [0, 0.1) is 5.82 Å². The molecular weight excluding hydrogens is 668 g/mol. The van der Waals surface area contributed by atoms with E-state index in [9.17, 15) is 14.0 Å². The smallest absolute Gasteiger partial charge is 0.251 e. The summed E-state index contributed by atoms with van der Waals surface area (Å²) in [5, 5.41) is 5.92. The van der Waals surface area contributed by atoms with Crippen molar-refractivity contribution >= 4 is 11.8 Å². The first-order valence-corrected chi connectivity index (χ1v) is 19.7. The molecule has 0 spiro atoms. The van der Waals surface area contributed by atoms with E-state index in [1.165, 1.54) is 88.5 Å². The third-order valence-corrected chi connectivity index (χ3v) is 8.92. The van der Waals surface area contributed by atoms with E-state index in [-0.39, 0.29) is 17.6 Å². The number of nitrogens with zero attached hydrogens (tertiary/aromatic N) is 5. The molecule has 0 radical (unpaired) electrons. The summed E-state index contributed by atoms with van der Waals surface area (Å²) in [6.07, 6.45) is 23.4. The van der Waals surface area contributed by atoms with Gasteiger partial charge in [0.15, 0.2) is 0 Å². The summed E-state index contributed by atoms with van der Waals surface area (Å²) in [6, 6.07) is 13.2. The number of carbonyl (C=O) groups is 2. The third kappa shape index (κ3) is 20.5. The summed E-state index contributed by atoms with van der Waals surface area (Å²) in [6.45, 7) is 16.1. The molecule has 2 heterocycles. The van der Waals surface area contributed by atoms with E-state index >= 15 is 0 Å². The molecule has 0 aliphatic rings. The van der Waals surface area contributed by atoms with Crippen molar-refractivity contribution in [1.29, 1.82) is 0 Å². The molecule has 0 unspecified atom stereocenters. The molecule has 53 heavy (non-hydrogen) atoms. The molecule has 2 aromatic heterocycles. The first-order chi connectivity index (χ1) is 25.9. The molecule has 0 saturated carbocycles. The van der Waals surface area contributed by atoms with Gasteiger partial charge in [-0.25, -0.2) is 14.4 Å². The quantitative estimate of drug-likeness (QED) is 0.0665. The van der Waals surface area contributed by atoms with Gasteiger partial charge >= 0.3 is 0 Å². The maximum absolute atomic E-state index is 12.8. The van der Waals surface area contributed by atoms with Crippen LogP contribution in [0.5, 0.6) is 0 Å². The van der Waals surface area contributed by atoms with Crippen molar-refractivity contribution in [3.8, 4) is 5.69 Å². The fraction of sp³-hybridized carbons (Fsp3) is 0.524. The van der Waals surface area contributed by atoms with Crippen molar-refractivity contribution in [2.75, 3.05) is 52.4 Å². The first kappa shape index (κ1) is 44.8. The van der Waals surface area contributed by atoms with E-state index in [2.05, 4.69) is 63.1 Å². The fourth-order valence-electron chi connectivity index (χ4n) is 5.61. The molecule has 0 saturated heterocycles. The Morgan fingerprint density at radius 2 is 1.17 bits per heavy atom. The lowest BCUT2D eigenvalue weighted by Crippen LogP contribution is -2.35. The third-order valence-electron chi connectivity index (χ3n) is 8.92.